The second-order valence-electron chi connectivity index (χ2n) is 6.57. The van der Waals surface area contributed by atoms with Gasteiger partial charge in [0.2, 0.25) is 0 Å². The Kier molecular flexibility index (Phi) is 6.09. The molecule has 1 aromatic carbocycles. The fourth-order valence-electron chi connectivity index (χ4n) is 2.56. The van der Waals surface area contributed by atoms with E-state index in [-0.39, 0.29) is 24.5 Å². The van der Waals surface area contributed by atoms with E-state index in [0.717, 1.165) is 11.3 Å². The maximum Gasteiger partial charge on any atom is 0.315 e. The Morgan fingerprint density at radius 1 is 1.28 bits per heavy atom. The highest BCUT2D eigenvalue weighted by Gasteiger charge is 2.27. The van der Waals surface area contributed by atoms with Crippen LogP contribution in [-0.4, -0.2) is 24.8 Å². The van der Waals surface area contributed by atoms with Gasteiger partial charge >= 0.3 is 6.03 Å². The molecule has 0 aliphatic rings. The van der Waals surface area contributed by atoms with Gasteiger partial charge in [-0.25, -0.2) is 4.79 Å². The van der Waals surface area contributed by atoms with Crippen LogP contribution in [0, 0.1) is 5.92 Å². The van der Waals surface area contributed by atoms with Crippen LogP contribution >= 0.6 is 0 Å². The number of aliphatic hydroxyl groups is 1. The molecule has 2 unspecified atom stereocenters. The van der Waals surface area contributed by atoms with Crippen LogP contribution in [0.4, 0.5) is 4.79 Å². The van der Waals surface area contributed by atoms with Gasteiger partial charge in [-0.2, -0.15) is 0 Å². The fourth-order valence-corrected chi connectivity index (χ4v) is 2.56. The van der Waals surface area contributed by atoms with Crippen molar-refractivity contribution in [3.05, 3.63) is 54.0 Å². The lowest BCUT2D eigenvalue weighted by Crippen LogP contribution is -2.45. The number of benzene rings is 1. The molecule has 0 saturated carbocycles. The summed E-state index contributed by atoms with van der Waals surface area (Å²) in [6, 6.07) is 10.5. The average Bonchev–Trinajstić information content (AvgIpc) is 3.13. The van der Waals surface area contributed by atoms with Gasteiger partial charge in [0.05, 0.1) is 26.0 Å². The lowest BCUT2D eigenvalue weighted by molar-refractivity contribution is 0.0366. The van der Waals surface area contributed by atoms with Gasteiger partial charge in [0, 0.05) is 0 Å². The number of urea groups is 1. The Morgan fingerprint density at radius 2 is 1.96 bits per heavy atom. The zero-order valence-corrected chi connectivity index (χ0v) is 15.1. The molecule has 0 saturated heterocycles. The monoisotopic (exact) mass is 346 g/mol. The molecule has 0 aliphatic heterocycles. The third kappa shape index (κ3) is 5.00. The minimum atomic E-state index is -1.27. The summed E-state index contributed by atoms with van der Waals surface area (Å²) in [6.45, 7) is 5.71. The van der Waals surface area contributed by atoms with Crippen molar-refractivity contribution in [1.82, 2.24) is 10.6 Å². The highest BCUT2D eigenvalue weighted by atomic mass is 16.5. The molecule has 0 aliphatic carbocycles. The Morgan fingerprint density at radius 3 is 2.48 bits per heavy atom. The second kappa shape index (κ2) is 8.07. The van der Waals surface area contributed by atoms with Crippen molar-refractivity contribution < 1.29 is 19.1 Å². The molecule has 0 fully saturated rings. The van der Waals surface area contributed by atoms with E-state index in [1.807, 2.05) is 38.1 Å². The predicted octanol–water partition coefficient (Wildman–Crippen LogP) is 3.19. The van der Waals surface area contributed by atoms with Gasteiger partial charge in [0.1, 0.15) is 17.1 Å². The van der Waals surface area contributed by atoms with Gasteiger partial charge in [0.15, 0.2) is 0 Å². The molecule has 0 bridgehead atoms. The third-order valence-electron chi connectivity index (χ3n) is 4.07. The molecule has 6 nitrogen and oxygen atoms in total. The van der Waals surface area contributed by atoms with Crippen LogP contribution in [-0.2, 0) is 5.60 Å². The number of hydrogen-bond acceptors (Lipinski definition) is 4. The van der Waals surface area contributed by atoms with E-state index in [1.54, 1.807) is 26.2 Å². The van der Waals surface area contributed by atoms with Crippen molar-refractivity contribution in [3.8, 4) is 5.75 Å². The molecule has 2 rings (SSSR count). The summed E-state index contributed by atoms with van der Waals surface area (Å²) in [5.74, 6) is 1.37. The van der Waals surface area contributed by atoms with Crippen LogP contribution in [0.3, 0.4) is 0 Å². The Balaban J connectivity index is 1.98. The molecule has 6 heteroatoms. The molecule has 0 spiro atoms. The normalized spacial score (nSPS) is 14.6. The van der Waals surface area contributed by atoms with Gasteiger partial charge in [-0.1, -0.05) is 26.0 Å². The molecule has 2 amide bonds. The average molecular weight is 346 g/mol. The molecule has 1 heterocycles. The first-order chi connectivity index (χ1) is 11.8. The summed E-state index contributed by atoms with van der Waals surface area (Å²) in [6.07, 6.45) is 1.49. The van der Waals surface area contributed by atoms with Gasteiger partial charge in [-0.05, 0) is 42.7 Å². The van der Waals surface area contributed by atoms with E-state index in [1.165, 1.54) is 6.26 Å². The zero-order chi connectivity index (χ0) is 18.4. The molecule has 2 atom stereocenters. The fraction of sp³-hybridized carbons (Fsp3) is 0.421. The minimum Gasteiger partial charge on any atom is -0.497 e. The molecular formula is C19H26N2O4. The van der Waals surface area contributed by atoms with Crippen molar-refractivity contribution >= 4 is 6.03 Å². The van der Waals surface area contributed by atoms with Crippen LogP contribution in [0.1, 0.15) is 38.1 Å². The number of amides is 2. The number of furan rings is 1. The number of carbonyl (C=O) groups excluding carboxylic acids is 1. The summed E-state index contributed by atoms with van der Waals surface area (Å²) in [4.78, 5) is 12.3. The molecule has 136 valence electrons. The summed E-state index contributed by atoms with van der Waals surface area (Å²) in [5.41, 5.74) is -0.280. The summed E-state index contributed by atoms with van der Waals surface area (Å²) < 4.78 is 10.4. The number of carbonyl (C=O) groups is 1. The Hall–Kier alpha value is -2.47. The summed E-state index contributed by atoms with van der Waals surface area (Å²) in [5, 5.41) is 16.1. The number of ether oxygens (including phenoxy) is 1. The third-order valence-corrected chi connectivity index (χ3v) is 4.07. The first kappa shape index (κ1) is 18.9. The van der Waals surface area contributed by atoms with Crippen LogP contribution in [0.5, 0.6) is 5.75 Å². The largest absolute Gasteiger partial charge is 0.497 e. The Bertz CT molecular complexity index is 663. The van der Waals surface area contributed by atoms with E-state index >= 15 is 0 Å². The standard InChI is InChI=1S/C19H26N2O4/c1-13(2)17(14-7-9-15(24-4)10-8-14)21-18(22)20-12-19(3,23)16-6-5-11-25-16/h5-11,13,17,23H,12H2,1-4H3,(H2,20,21,22). The van der Waals surface area contributed by atoms with Crippen molar-refractivity contribution in [2.75, 3.05) is 13.7 Å². The van der Waals surface area contributed by atoms with E-state index < -0.39 is 5.60 Å². The summed E-state index contributed by atoms with van der Waals surface area (Å²) in [7, 11) is 1.62. The highest BCUT2D eigenvalue weighted by molar-refractivity contribution is 5.74. The number of rotatable bonds is 7. The quantitative estimate of drug-likeness (QED) is 0.719. The Labute approximate surface area is 148 Å². The van der Waals surface area contributed by atoms with E-state index in [2.05, 4.69) is 10.6 Å². The second-order valence-corrected chi connectivity index (χ2v) is 6.57. The van der Waals surface area contributed by atoms with Crippen LogP contribution in [0.25, 0.3) is 0 Å². The molecule has 2 aromatic rings. The highest BCUT2D eigenvalue weighted by Crippen LogP contribution is 2.24. The molecular weight excluding hydrogens is 320 g/mol. The number of nitrogens with one attached hydrogen (secondary N) is 2. The lowest BCUT2D eigenvalue weighted by atomic mass is 9.96. The maximum absolute atomic E-state index is 12.3. The lowest BCUT2D eigenvalue weighted by Gasteiger charge is -2.25. The molecule has 0 radical (unpaired) electrons. The smallest absolute Gasteiger partial charge is 0.315 e. The van der Waals surface area contributed by atoms with E-state index in [9.17, 15) is 9.90 Å². The van der Waals surface area contributed by atoms with Gasteiger partial charge in [-0.15, -0.1) is 0 Å². The predicted molar refractivity (Wildman–Crippen MR) is 95.4 cm³/mol. The van der Waals surface area contributed by atoms with Gasteiger partial charge < -0.3 is 24.9 Å². The maximum atomic E-state index is 12.3. The van der Waals surface area contributed by atoms with Crippen molar-refractivity contribution in [1.29, 1.82) is 0 Å². The van der Waals surface area contributed by atoms with Crippen LogP contribution in [0.2, 0.25) is 0 Å². The van der Waals surface area contributed by atoms with Crippen LogP contribution in [0.15, 0.2) is 47.1 Å². The SMILES string of the molecule is COc1ccc(C(NC(=O)NCC(C)(O)c2ccco2)C(C)C)cc1. The van der Waals surface area contributed by atoms with Gasteiger partial charge in [0.25, 0.3) is 0 Å². The van der Waals surface area contributed by atoms with Gasteiger partial charge in [-0.3, -0.25) is 0 Å². The number of hydrogen-bond donors (Lipinski definition) is 3. The van der Waals surface area contributed by atoms with Crippen LogP contribution < -0.4 is 15.4 Å². The molecule has 3 N–H and O–H groups in total. The van der Waals surface area contributed by atoms with Crippen molar-refractivity contribution in [2.45, 2.75) is 32.4 Å². The van der Waals surface area contributed by atoms with Crippen molar-refractivity contribution in [2.24, 2.45) is 5.92 Å². The van der Waals surface area contributed by atoms with Crippen molar-refractivity contribution in [3.63, 3.8) is 0 Å². The minimum absolute atomic E-state index is 0.0414. The topological polar surface area (TPSA) is 83.7 Å². The summed E-state index contributed by atoms with van der Waals surface area (Å²) >= 11 is 0. The molecule has 1 aromatic heterocycles. The number of methoxy groups -OCH3 is 1. The van der Waals surface area contributed by atoms with E-state index in [0.29, 0.717) is 5.76 Å². The first-order valence-electron chi connectivity index (χ1n) is 8.28. The zero-order valence-electron chi connectivity index (χ0n) is 15.1. The van der Waals surface area contributed by atoms with E-state index in [4.69, 9.17) is 9.15 Å². The molecule has 25 heavy (non-hydrogen) atoms. The first-order valence-corrected chi connectivity index (χ1v) is 8.28.